The summed E-state index contributed by atoms with van der Waals surface area (Å²) in [6.07, 6.45) is 2.65. The van der Waals surface area contributed by atoms with E-state index in [9.17, 15) is 24.5 Å². The molecule has 0 radical (unpaired) electrons. The predicted molar refractivity (Wildman–Crippen MR) is 121 cm³/mol. The van der Waals surface area contributed by atoms with Crippen LogP contribution >= 0.6 is 0 Å². The minimum Gasteiger partial charge on any atom is -0.466 e. The van der Waals surface area contributed by atoms with Gasteiger partial charge in [0, 0.05) is 18.8 Å². The molecule has 10 heteroatoms. The molecule has 2 aromatic rings. The van der Waals surface area contributed by atoms with Crippen LogP contribution in [0.5, 0.6) is 0 Å². The smallest absolute Gasteiger partial charge is 0.314 e. The summed E-state index contributed by atoms with van der Waals surface area (Å²) in [5.74, 6) is -4.25. The molecule has 1 aromatic heterocycles. The quantitative estimate of drug-likeness (QED) is 0.362. The Hall–Kier alpha value is -4.08. The second-order valence-corrected chi connectivity index (χ2v) is 7.97. The summed E-state index contributed by atoms with van der Waals surface area (Å²) in [5.41, 5.74) is -0.0630. The van der Waals surface area contributed by atoms with Gasteiger partial charge in [-0.2, -0.15) is 0 Å². The molecule has 0 bridgehead atoms. The third kappa shape index (κ3) is 3.33. The molecule has 0 fully saturated rings. The van der Waals surface area contributed by atoms with Crippen LogP contribution in [0, 0.1) is 22.0 Å². The summed E-state index contributed by atoms with van der Waals surface area (Å²) in [6.45, 7) is 3.39. The maximum atomic E-state index is 13.8. The molecule has 0 N–H and O–H groups in total. The normalized spacial score (nSPS) is 23.0. The van der Waals surface area contributed by atoms with Gasteiger partial charge in [0.2, 0.25) is 5.91 Å². The van der Waals surface area contributed by atoms with E-state index in [0.29, 0.717) is 11.3 Å². The van der Waals surface area contributed by atoms with E-state index in [-0.39, 0.29) is 30.2 Å². The Morgan fingerprint density at radius 1 is 1.12 bits per heavy atom. The number of pyridine rings is 1. The van der Waals surface area contributed by atoms with Gasteiger partial charge >= 0.3 is 11.9 Å². The van der Waals surface area contributed by atoms with E-state index in [1.807, 2.05) is 0 Å². The number of ether oxygens (including phenoxy) is 2. The summed E-state index contributed by atoms with van der Waals surface area (Å²) in [6, 6.07) is 9.69. The van der Waals surface area contributed by atoms with Crippen LogP contribution in [-0.2, 0) is 29.3 Å². The molecular formula is C24H23N3O7. The molecule has 0 unspecified atom stereocenters. The van der Waals surface area contributed by atoms with Crippen molar-refractivity contribution in [3.05, 3.63) is 70.0 Å². The molecule has 1 spiro atoms. The summed E-state index contributed by atoms with van der Waals surface area (Å²) in [5, 5.41) is 11.1. The Balaban J connectivity index is 1.99. The summed E-state index contributed by atoms with van der Waals surface area (Å²) < 4.78 is 10.6. The van der Waals surface area contributed by atoms with Gasteiger partial charge in [-0.05, 0) is 37.1 Å². The second kappa shape index (κ2) is 8.69. The number of para-hydroxylation sites is 1. The highest BCUT2D eigenvalue weighted by Gasteiger charge is 2.65. The lowest BCUT2D eigenvalue weighted by Gasteiger charge is -2.30. The SMILES string of the molecule is CCOC(=O)[C@H]1C(c2ccc([N+](=O)[O-])cn2)=C[C@]2(C(=O)N(C)c3ccccc32)[C@H]1C(=O)OCC. The standard InChI is InChI=1S/C24H23N3O7/c1-4-33-21(28)19-15(17-11-10-14(13-25-17)27(31)32)12-24(20(19)22(29)34-5-2)16-8-6-7-9-18(16)26(3)23(24)30/h6-13,19-20H,4-5H2,1-3H3/t19-,20+,24+/m0/s1. The van der Waals surface area contributed by atoms with E-state index in [2.05, 4.69) is 4.98 Å². The lowest BCUT2D eigenvalue weighted by atomic mass is 9.70. The molecule has 2 heterocycles. The number of carbonyl (C=O) groups is 3. The monoisotopic (exact) mass is 465 g/mol. The van der Waals surface area contributed by atoms with E-state index < -0.39 is 40.0 Å². The Labute approximate surface area is 195 Å². The van der Waals surface area contributed by atoms with Gasteiger partial charge in [0.15, 0.2) is 0 Å². The maximum Gasteiger partial charge on any atom is 0.314 e. The molecule has 176 valence electrons. The maximum absolute atomic E-state index is 13.8. The van der Waals surface area contributed by atoms with Crippen LogP contribution in [0.1, 0.15) is 25.1 Å². The van der Waals surface area contributed by atoms with Crippen molar-refractivity contribution in [3.8, 4) is 0 Å². The predicted octanol–water partition coefficient (Wildman–Crippen LogP) is 2.66. The number of aromatic nitrogens is 1. The number of anilines is 1. The Morgan fingerprint density at radius 3 is 2.41 bits per heavy atom. The van der Waals surface area contributed by atoms with Crippen molar-refractivity contribution in [1.82, 2.24) is 4.98 Å². The van der Waals surface area contributed by atoms with E-state index in [1.165, 1.54) is 17.0 Å². The van der Waals surface area contributed by atoms with Crippen molar-refractivity contribution < 1.29 is 28.8 Å². The zero-order chi connectivity index (χ0) is 24.6. The number of hydrogen-bond acceptors (Lipinski definition) is 8. The average molecular weight is 465 g/mol. The highest BCUT2D eigenvalue weighted by molar-refractivity contribution is 6.15. The van der Waals surface area contributed by atoms with Gasteiger partial charge in [-0.15, -0.1) is 0 Å². The van der Waals surface area contributed by atoms with Crippen molar-refractivity contribution in [3.63, 3.8) is 0 Å². The van der Waals surface area contributed by atoms with Crippen molar-refractivity contribution in [2.24, 2.45) is 11.8 Å². The lowest BCUT2D eigenvalue weighted by molar-refractivity contribution is -0.385. The number of likely N-dealkylation sites (N-methyl/N-ethyl adjacent to an activating group) is 1. The molecule has 10 nitrogen and oxygen atoms in total. The van der Waals surface area contributed by atoms with Gasteiger partial charge in [-0.3, -0.25) is 24.5 Å². The zero-order valence-corrected chi connectivity index (χ0v) is 18.9. The number of rotatable bonds is 6. The Morgan fingerprint density at radius 2 is 1.79 bits per heavy atom. The topological polar surface area (TPSA) is 129 Å². The van der Waals surface area contributed by atoms with Gasteiger partial charge in [0.25, 0.3) is 5.69 Å². The average Bonchev–Trinajstić information content (AvgIpc) is 3.30. The Bertz CT molecular complexity index is 1210. The van der Waals surface area contributed by atoms with Crippen LogP contribution < -0.4 is 4.90 Å². The fourth-order valence-electron chi connectivity index (χ4n) is 4.87. The number of nitro groups is 1. The van der Waals surface area contributed by atoms with Crippen molar-refractivity contribution in [2.75, 3.05) is 25.2 Å². The number of esters is 2. The summed E-state index contributed by atoms with van der Waals surface area (Å²) in [4.78, 5) is 56.5. The van der Waals surface area contributed by atoms with Crippen LogP contribution in [0.2, 0.25) is 0 Å². The number of carbonyl (C=O) groups excluding carboxylic acids is 3. The van der Waals surface area contributed by atoms with Crippen LogP contribution in [-0.4, -0.2) is 48.0 Å². The molecule has 1 aliphatic heterocycles. The van der Waals surface area contributed by atoms with Crippen LogP contribution in [0.15, 0.2) is 48.7 Å². The van der Waals surface area contributed by atoms with Crippen molar-refractivity contribution in [2.45, 2.75) is 19.3 Å². The van der Waals surface area contributed by atoms with E-state index in [0.717, 1.165) is 6.20 Å². The molecule has 1 aromatic carbocycles. The number of hydrogen-bond donors (Lipinski definition) is 0. The van der Waals surface area contributed by atoms with Gasteiger partial charge in [-0.25, -0.2) is 4.98 Å². The van der Waals surface area contributed by atoms with Gasteiger partial charge in [0.1, 0.15) is 11.6 Å². The van der Waals surface area contributed by atoms with Crippen LogP contribution in [0.25, 0.3) is 5.57 Å². The number of amides is 1. The van der Waals surface area contributed by atoms with Crippen molar-refractivity contribution >= 4 is 34.8 Å². The lowest BCUT2D eigenvalue weighted by Crippen LogP contribution is -2.48. The molecule has 34 heavy (non-hydrogen) atoms. The highest BCUT2D eigenvalue weighted by atomic mass is 16.6. The zero-order valence-electron chi connectivity index (χ0n) is 18.9. The van der Waals surface area contributed by atoms with E-state index in [1.54, 1.807) is 51.2 Å². The molecule has 3 atom stereocenters. The first-order valence-corrected chi connectivity index (χ1v) is 10.8. The van der Waals surface area contributed by atoms with Gasteiger partial charge in [-0.1, -0.05) is 24.3 Å². The molecule has 4 rings (SSSR count). The summed E-state index contributed by atoms with van der Waals surface area (Å²) in [7, 11) is 1.60. The number of benzene rings is 1. The minimum absolute atomic E-state index is 0.0533. The second-order valence-electron chi connectivity index (χ2n) is 7.97. The van der Waals surface area contributed by atoms with Gasteiger partial charge in [0.05, 0.1) is 35.7 Å². The van der Waals surface area contributed by atoms with Crippen molar-refractivity contribution in [1.29, 1.82) is 0 Å². The molecule has 1 amide bonds. The first-order chi connectivity index (χ1) is 16.3. The highest BCUT2D eigenvalue weighted by Crippen LogP contribution is 2.57. The van der Waals surface area contributed by atoms with Crippen LogP contribution in [0.4, 0.5) is 11.4 Å². The number of nitrogens with zero attached hydrogens (tertiary/aromatic N) is 3. The largest absolute Gasteiger partial charge is 0.466 e. The van der Waals surface area contributed by atoms with E-state index in [4.69, 9.17) is 9.47 Å². The van der Waals surface area contributed by atoms with Crippen LogP contribution in [0.3, 0.4) is 0 Å². The van der Waals surface area contributed by atoms with Gasteiger partial charge < -0.3 is 14.4 Å². The molecule has 2 aliphatic rings. The first kappa shape index (κ1) is 23.1. The third-order valence-corrected chi connectivity index (χ3v) is 6.25. The number of fused-ring (bicyclic) bond motifs is 2. The molecule has 0 saturated heterocycles. The third-order valence-electron chi connectivity index (χ3n) is 6.25. The molecular weight excluding hydrogens is 442 g/mol. The Kier molecular flexibility index (Phi) is 5.90. The molecule has 1 aliphatic carbocycles. The summed E-state index contributed by atoms with van der Waals surface area (Å²) >= 11 is 0. The molecule has 0 saturated carbocycles. The fraction of sp³-hybridized carbons (Fsp3) is 0.333. The fourth-order valence-corrected chi connectivity index (χ4v) is 4.87. The van der Waals surface area contributed by atoms with E-state index >= 15 is 0 Å². The minimum atomic E-state index is -1.52. The first-order valence-electron chi connectivity index (χ1n) is 10.8.